The Morgan fingerprint density at radius 3 is 2.02 bits per heavy atom. The minimum Gasteiger partial charge on any atom is -0.337 e. The van der Waals surface area contributed by atoms with E-state index in [-0.39, 0.29) is 72.2 Å². The molecule has 2 aromatic rings. The minimum absolute atomic E-state index is 0.00944. The highest BCUT2D eigenvalue weighted by molar-refractivity contribution is 7.92. The molecular weight excluding hydrogens is 634 g/mol. The molecule has 1 aliphatic carbocycles. The molecule has 2 atom stereocenters. The Labute approximate surface area is 241 Å². The van der Waals surface area contributed by atoms with Gasteiger partial charge in [-0.25, -0.2) is 25.6 Å². The van der Waals surface area contributed by atoms with Gasteiger partial charge in [0.25, 0.3) is 0 Å². The van der Waals surface area contributed by atoms with Gasteiger partial charge < -0.3 is 4.90 Å². The fourth-order valence-corrected chi connectivity index (χ4v) is 10.5. The maximum absolute atomic E-state index is 14.9. The Morgan fingerprint density at radius 1 is 0.884 bits per heavy atom. The number of carbonyl (C=O) groups excluding carboxylic acids is 1. The first-order chi connectivity index (χ1) is 19.8. The molecule has 16 heteroatoms. The average molecular weight is 660 g/mol. The number of benzene rings is 2. The van der Waals surface area contributed by atoms with Crippen molar-refractivity contribution < 1.29 is 56.8 Å². The third-order valence-electron chi connectivity index (χ3n) is 8.86. The topological polar surface area (TPSA) is 88.6 Å². The van der Waals surface area contributed by atoms with E-state index in [2.05, 4.69) is 0 Å². The monoisotopic (exact) mass is 659 g/mol. The number of hydrogen-bond acceptors (Lipinski definition) is 5. The standard InChI is InChI=1S/C27H25F8NO5S2/c28-19-3-5-20(6-4-19)43(40,41)24-11-12-36(23(37)16-9-13-42(38,39)14-10-16)22(24)8-1-17-15-18(2-7-21(17)24)25(29,26(30,31)32)27(33,34)35/h2-7,15-16,22H,1,8-14H2/t22-,24-/m0/s1. The maximum Gasteiger partial charge on any atom is 0.435 e. The molecule has 5 rings (SSSR count). The summed E-state index contributed by atoms with van der Waals surface area (Å²) in [4.78, 5) is 14.5. The molecule has 2 heterocycles. The second kappa shape index (κ2) is 10.1. The zero-order chi connectivity index (χ0) is 31.8. The van der Waals surface area contributed by atoms with Gasteiger partial charge in [0.15, 0.2) is 9.84 Å². The van der Waals surface area contributed by atoms with E-state index >= 15 is 0 Å². The molecule has 6 nitrogen and oxygen atoms in total. The van der Waals surface area contributed by atoms with Crippen LogP contribution in [0.25, 0.3) is 0 Å². The van der Waals surface area contributed by atoms with Crippen LogP contribution >= 0.6 is 0 Å². The number of alkyl halides is 7. The SMILES string of the molecule is O=C(C1CCS(=O)(=O)CC1)N1CC[C@]2(S(=O)(=O)c3ccc(F)cc3)c3ccc(C(F)(C(F)(F)F)C(F)(F)F)cc3CC[C@H]12. The van der Waals surface area contributed by atoms with Crippen LogP contribution in [0.2, 0.25) is 0 Å². The van der Waals surface area contributed by atoms with Crippen molar-refractivity contribution in [2.24, 2.45) is 5.92 Å². The highest BCUT2D eigenvalue weighted by Gasteiger charge is 2.74. The average Bonchev–Trinajstić information content (AvgIpc) is 3.32. The number of halogens is 8. The summed E-state index contributed by atoms with van der Waals surface area (Å²) in [7, 11) is -7.94. The van der Waals surface area contributed by atoms with Gasteiger partial charge in [0.2, 0.25) is 5.91 Å². The van der Waals surface area contributed by atoms with Crippen LogP contribution in [0, 0.1) is 11.7 Å². The summed E-state index contributed by atoms with van der Waals surface area (Å²) in [6.45, 7) is -0.160. The number of aryl methyl sites for hydroxylation is 1. The highest BCUT2D eigenvalue weighted by atomic mass is 32.2. The van der Waals surface area contributed by atoms with Crippen molar-refractivity contribution in [3.8, 4) is 0 Å². The summed E-state index contributed by atoms with van der Waals surface area (Å²) in [6.07, 6.45) is -13.5. The van der Waals surface area contributed by atoms with E-state index in [1.54, 1.807) is 0 Å². The Bertz CT molecular complexity index is 1630. The van der Waals surface area contributed by atoms with Gasteiger partial charge in [-0.1, -0.05) is 18.2 Å². The molecule has 0 radical (unpaired) electrons. The van der Waals surface area contributed by atoms with Crippen LogP contribution in [0.4, 0.5) is 35.1 Å². The molecule has 2 aliphatic heterocycles. The number of rotatable bonds is 4. The normalized spacial score (nSPS) is 24.8. The number of hydrogen-bond donors (Lipinski definition) is 0. The Morgan fingerprint density at radius 2 is 1.47 bits per heavy atom. The van der Waals surface area contributed by atoms with Crippen LogP contribution in [0.1, 0.15) is 42.4 Å². The number of amides is 1. The Balaban J connectivity index is 1.65. The molecule has 1 amide bonds. The lowest BCUT2D eigenvalue weighted by atomic mass is 9.76. The van der Waals surface area contributed by atoms with E-state index in [4.69, 9.17) is 0 Å². The van der Waals surface area contributed by atoms with Crippen molar-refractivity contribution in [3.05, 3.63) is 65.0 Å². The Kier molecular flexibility index (Phi) is 7.47. The summed E-state index contributed by atoms with van der Waals surface area (Å²) >= 11 is 0. The van der Waals surface area contributed by atoms with Crippen molar-refractivity contribution in [2.45, 2.75) is 65.8 Å². The zero-order valence-corrected chi connectivity index (χ0v) is 23.8. The smallest absolute Gasteiger partial charge is 0.337 e. The van der Waals surface area contributed by atoms with Gasteiger partial charge in [-0.3, -0.25) is 4.79 Å². The van der Waals surface area contributed by atoms with E-state index in [1.807, 2.05) is 0 Å². The lowest BCUT2D eigenvalue weighted by Gasteiger charge is -2.43. The molecule has 2 saturated heterocycles. The first-order valence-electron chi connectivity index (χ1n) is 13.2. The lowest BCUT2D eigenvalue weighted by molar-refractivity contribution is -0.348. The van der Waals surface area contributed by atoms with E-state index in [1.165, 1.54) is 4.90 Å². The number of nitrogens with zero attached hydrogens (tertiary/aromatic N) is 1. The van der Waals surface area contributed by atoms with Crippen molar-refractivity contribution >= 4 is 25.6 Å². The molecule has 2 fully saturated rings. The molecule has 0 saturated carbocycles. The Hall–Kier alpha value is -2.75. The highest BCUT2D eigenvalue weighted by Crippen LogP contribution is 2.57. The second-order valence-electron chi connectivity index (χ2n) is 11.1. The number of fused-ring (bicyclic) bond motifs is 3. The molecule has 0 spiro atoms. The molecule has 0 aromatic heterocycles. The zero-order valence-electron chi connectivity index (χ0n) is 22.2. The van der Waals surface area contributed by atoms with Crippen molar-refractivity contribution in [2.75, 3.05) is 18.1 Å². The summed E-state index contributed by atoms with van der Waals surface area (Å²) in [5, 5.41) is 0. The molecular formula is C27H25F8NO5S2. The molecule has 0 N–H and O–H groups in total. The predicted molar refractivity (Wildman–Crippen MR) is 136 cm³/mol. The second-order valence-corrected chi connectivity index (χ2v) is 15.6. The summed E-state index contributed by atoms with van der Waals surface area (Å²) in [6, 6.07) is 3.93. The van der Waals surface area contributed by atoms with Crippen LogP contribution in [0.15, 0.2) is 47.4 Å². The van der Waals surface area contributed by atoms with Crippen LogP contribution in [-0.2, 0) is 41.3 Å². The third-order valence-corrected chi connectivity index (χ3v) is 13.1. The molecule has 0 bridgehead atoms. The van der Waals surface area contributed by atoms with Gasteiger partial charge in [-0.2, -0.15) is 26.3 Å². The predicted octanol–water partition coefficient (Wildman–Crippen LogP) is 5.16. The maximum atomic E-state index is 14.9. The van der Waals surface area contributed by atoms with Gasteiger partial charge in [0, 0.05) is 18.0 Å². The fraction of sp³-hybridized carbons (Fsp3) is 0.519. The number of sulfone groups is 2. The summed E-state index contributed by atoms with van der Waals surface area (Å²) in [5.74, 6) is -2.49. The first kappa shape index (κ1) is 31.7. The van der Waals surface area contributed by atoms with E-state index in [9.17, 15) is 56.8 Å². The van der Waals surface area contributed by atoms with Crippen molar-refractivity contribution in [1.29, 1.82) is 0 Å². The van der Waals surface area contributed by atoms with Crippen LogP contribution < -0.4 is 0 Å². The summed E-state index contributed by atoms with van der Waals surface area (Å²) in [5.41, 5.74) is -7.92. The van der Waals surface area contributed by atoms with Gasteiger partial charge in [0.05, 0.1) is 22.4 Å². The quantitative estimate of drug-likeness (QED) is 0.335. The largest absolute Gasteiger partial charge is 0.435 e. The molecule has 2 aromatic carbocycles. The van der Waals surface area contributed by atoms with E-state index in [0.29, 0.717) is 6.07 Å². The third kappa shape index (κ3) is 4.82. The first-order valence-corrected chi connectivity index (χ1v) is 16.5. The van der Waals surface area contributed by atoms with Gasteiger partial charge in [0.1, 0.15) is 20.4 Å². The molecule has 3 aliphatic rings. The molecule has 43 heavy (non-hydrogen) atoms. The van der Waals surface area contributed by atoms with Gasteiger partial charge in [-0.05, 0) is 67.5 Å². The lowest BCUT2D eigenvalue weighted by Crippen LogP contribution is -2.54. The van der Waals surface area contributed by atoms with E-state index < -0.39 is 71.7 Å². The van der Waals surface area contributed by atoms with Crippen molar-refractivity contribution in [3.63, 3.8) is 0 Å². The number of likely N-dealkylation sites (tertiary alicyclic amines) is 1. The fourth-order valence-electron chi connectivity index (χ4n) is 6.69. The summed E-state index contributed by atoms with van der Waals surface area (Å²) < 4.78 is 160. The van der Waals surface area contributed by atoms with Crippen LogP contribution in [0.5, 0.6) is 0 Å². The van der Waals surface area contributed by atoms with Crippen LogP contribution in [0.3, 0.4) is 0 Å². The van der Waals surface area contributed by atoms with Gasteiger partial charge in [-0.15, -0.1) is 0 Å². The van der Waals surface area contributed by atoms with Crippen LogP contribution in [-0.4, -0.2) is 64.1 Å². The van der Waals surface area contributed by atoms with E-state index in [0.717, 1.165) is 30.3 Å². The molecule has 236 valence electrons. The minimum atomic E-state index is -6.38. The van der Waals surface area contributed by atoms with Crippen molar-refractivity contribution in [1.82, 2.24) is 4.90 Å². The van der Waals surface area contributed by atoms with Gasteiger partial charge >= 0.3 is 18.0 Å². The molecule has 0 unspecified atom stereocenters. The number of carbonyl (C=O) groups is 1.